The first-order chi connectivity index (χ1) is 18.8. The number of nitrogens with zero attached hydrogens (tertiary/aromatic N) is 1. The lowest BCUT2D eigenvalue weighted by Crippen LogP contribution is -2.46. The van der Waals surface area contributed by atoms with Gasteiger partial charge in [-0.1, -0.05) is 20.8 Å². The molecule has 0 fully saturated rings. The van der Waals surface area contributed by atoms with E-state index in [0.29, 0.717) is 16.8 Å². The van der Waals surface area contributed by atoms with Crippen LogP contribution in [0, 0.1) is 17.7 Å². The Morgan fingerprint density at radius 3 is 2.20 bits per heavy atom. The maximum Gasteiger partial charge on any atom is 0.336 e. The zero-order valence-electron chi connectivity index (χ0n) is 23.0. The number of nitrogens with two attached hydrogens (primary N) is 1. The van der Waals surface area contributed by atoms with Gasteiger partial charge in [0.05, 0.1) is 25.3 Å². The molecule has 0 saturated heterocycles. The van der Waals surface area contributed by atoms with Gasteiger partial charge in [-0.25, -0.2) is 9.78 Å². The van der Waals surface area contributed by atoms with Crippen LogP contribution in [0.2, 0.25) is 0 Å². The molecule has 2 amide bonds. The van der Waals surface area contributed by atoms with E-state index in [-0.39, 0.29) is 46.3 Å². The van der Waals surface area contributed by atoms with Crippen molar-refractivity contribution < 1.29 is 29.3 Å². The Hall–Kier alpha value is -4.77. The molecule has 7 N–H and O–H groups in total. The Kier molecular flexibility index (Phi) is 8.90. The SMILES string of the molecule is COc1ccc(-c2cc(C)c(C(=O)NC(CO)C(C)(C)C)cc2C(=O)O)c(C(=O)Nc2ccc(C(=N)N)cc2)n1. The molecule has 1 aromatic heterocycles. The number of amidine groups is 1. The molecule has 11 nitrogen and oxygen atoms in total. The Bertz CT molecular complexity index is 1460. The molecule has 0 saturated carbocycles. The summed E-state index contributed by atoms with van der Waals surface area (Å²) >= 11 is 0. The topological polar surface area (TPSA) is 188 Å². The van der Waals surface area contributed by atoms with E-state index in [1.165, 1.54) is 31.4 Å². The molecule has 3 rings (SSSR count). The van der Waals surface area contributed by atoms with Crippen LogP contribution in [0.5, 0.6) is 5.88 Å². The number of aryl methyl sites for hydroxylation is 1. The number of aromatic carboxylic acids is 1. The fourth-order valence-corrected chi connectivity index (χ4v) is 3.99. The minimum atomic E-state index is -1.31. The summed E-state index contributed by atoms with van der Waals surface area (Å²) in [4.78, 5) is 43.1. The van der Waals surface area contributed by atoms with Crippen LogP contribution in [-0.4, -0.2) is 58.6 Å². The summed E-state index contributed by atoms with van der Waals surface area (Å²) in [5, 5.41) is 32.8. The number of carboxylic acids is 1. The monoisotopic (exact) mass is 547 g/mol. The molecule has 0 aliphatic heterocycles. The van der Waals surface area contributed by atoms with Gasteiger partial charge < -0.3 is 31.3 Å². The number of carboxylic acid groups (broad SMARTS) is 1. The van der Waals surface area contributed by atoms with Crippen LogP contribution in [0.15, 0.2) is 48.5 Å². The van der Waals surface area contributed by atoms with Gasteiger partial charge in [0.15, 0.2) is 0 Å². The molecule has 0 aliphatic carbocycles. The van der Waals surface area contributed by atoms with Crippen molar-refractivity contribution in [2.45, 2.75) is 33.7 Å². The Balaban J connectivity index is 2.08. The number of hydrogen-bond donors (Lipinski definition) is 6. The van der Waals surface area contributed by atoms with E-state index in [4.69, 9.17) is 15.9 Å². The zero-order chi connectivity index (χ0) is 29.8. The third kappa shape index (κ3) is 6.62. The van der Waals surface area contributed by atoms with E-state index in [9.17, 15) is 24.6 Å². The number of nitrogens with one attached hydrogen (secondary N) is 3. The van der Waals surface area contributed by atoms with Crippen LogP contribution in [0.25, 0.3) is 11.1 Å². The Morgan fingerprint density at radius 2 is 1.68 bits per heavy atom. The smallest absolute Gasteiger partial charge is 0.336 e. The fraction of sp³-hybridized carbons (Fsp3) is 0.276. The predicted molar refractivity (Wildman–Crippen MR) is 151 cm³/mol. The van der Waals surface area contributed by atoms with Gasteiger partial charge in [-0.3, -0.25) is 15.0 Å². The van der Waals surface area contributed by atoms with Gasteiger partial charge in [0.2, 0.25) is 5.88 Å². The molecule has 11 heteroatoms. The number of methoxy groups -OCH3 is 1. The van der Waals surface area contributed by atoms with Crippen molar-refractivity contribution in [3.8, 4) is 17.0 Å². The number of benzene rings is 2. The van der Waals surface area contributed by atoms with Crippen molar-refractivity contribution in [3.63, 3.8) is 0 Å². The normalized spacial score (nSPS) is 11.8. The number of rotatable bonds is 9. The standard InChI is InChI=1S/C29H33N5O6/c1-15-12-20(21(28(38)39)13-19(15)26(36)33-22(14-35)29(2,3)4)18-10-11-23(40-5)34-24(18)27(37)32-17-8-6-16(7-9-17)25(30)31/h6-13,22,35H,14H2,1-5H3,(H3,30,31)(H,32,37)(H,33,36)(H,38,39). The predicted octanol–water partition coefficient (Wildman–Crippen LogP) is 3.44. The minimum absolute atomic E-state index is 0.0952. The third-order valence-corrected chi connectivity index (χ3v) is 6.41. The minimum Gasteiger partial charge on any atom is -0.481 e. The van der Waals surface area contributed by atoms with Crippen LogP contribution in [0.1, 0.15) is 63.1 Å². The first-order valence-electron chi connectivity index (χ1n) is 12.4. The van der Waals surface area contributed by atoms with E-state index in [0.717, 1.165) is 0 Å². The quantitative estimate of drug-likeness (QED) is 0.173. The van der Waals surface area contributed by atoms with Gasteiger partial charge in [0, 0.05) is 28.4 Å². The highest BCUT2D eigenvalue weighted by molar-refractivity contribution is 6.10. The van der Waals surface area contributed by atoms with Crippen molar-refractivity contribution in [3.05, 3.63) is 76.5 Å². The van der Waals surface area contributed by atoms with Crippen LogP contribution in [0.3, 0.4) is 0 Å². The third-order valence-electron chi connectivity index (χ3n) is 6.41. The Labute approximate surface area is 231 Å². The van der Waals surface area contributed by atoms with Gasteiger partial charge >= 0.3 is 5.97 Å². The average Bonchev–Trinajstić information content (AvgIpc) is 2.90. The summed E-state index contributed by atoms with van der Waals surface area (Å²) < 4.78 is 5.20. The molecule has 1 unspecified atom stereocenters. The highest BCUT2D eigenvalue weighted by Crippen LogP contribution is 2.32. The number of aromatic nitrogens is 1. The maximum absolute atomic E-state index is 13.4. The van der Waals surface area contributed by atoms with Crippen LogP contribution in [-0.2, 0) is 0 Å². The lowest BCUT2D eigenvalue weighted by Gasteiger charge is -2.30. The average molecular weight is 548 g/mol. The lowest BCUT2D eigenvalue weighted by atomic mass is 9.86. The summed E-state index contributed by atoms with van der Waals surface area (Å²) in [6, 6.07) is 11.6. The van der Waals surface area contributed by atoms with Gasteiger partial charge in [-0.05, 0) is 65.9 Å². The zero-order valence-corrected chi connectivity index (χ0v) is 23.0. The van der Waals surface area contributed by atoms with Crippen LogP contribution in [0.4, 0.5) is 5.69 Å². The first kappa shape index (κ1) is 29.8. The highest BCUT2D eigenvalue weighted by atomic mass is 16.5. The second-order valence-corrected chi connectivity index (χ2v) is 10.3. The van der Waals surface area contributed by atoms with E-state index >= 15 is 0 Å². The summed E-state index contributed by atoms with van der Waals surface area (Å²) in [5.41, 5.74) is 6.63. The molecule has 0 spiro atoms. The van der Waals surface area contributed by atoms with Gasteiger partial charge in [0.1, 0.15) is 11.5 Å². The van der Waals surface area contributed by atoms with Crippen molar-refractivity contribution in [1.82, 2.24) is 10.3 Å². The van der Waals surface area contributed by atoms with Crippen molar-refractivity contribution in [2.75, 3.05) is 19.0 Å². The number of carbonyl (C=O) groups excluding carboxylic acids is 2. The molecule has 3 aromatic rings. The van der Waals surface area contributed by atoms with E-state index in [2.05, 4.69) is 15.6 Å². The first-order valence-corrected chi connectivity index (χ1v) is 12.4. The van der Waals surface area contributed by atoms with Gasteiger partial charge in [-0.2, -0.15) is 0 Å². The molecule has 0 radical (unpaired) electrons. The van der Waals surface area contributed by atoms with Crippen molar-refractivity contribution in [2.24, 2.45) is 11.1 Å². The van der Waals surface area contributed by atoms with Crippen LogP contribution < -0.4 is 21.1 Å². The second-order valence-electron chi connectivity index (χ2n) is 10.3. The molecular formula is C29H33N5O6. The number of aliphatic hydroxyl groups is 1. The van der Waals surface area contributed by atoms with E-state index < -0.39 is 29.2 Å². The van der Waals surface area contributed by atoms with Gasteiger partial charge in [0.25, 0.3) is 11.8 Å². The number of ether oxygens (including phenoxy) is 1. The van der Waals surface area contributed by atoms with Crippen LogP contribution >= 0.6 is 0 Å². The highest BCUT2D eigenvalue weighted by Gasteiger charge is 2.28. The molecule has 1 atom stereocenters. The van der Waals surface area contributed by atoms with E-state index in [1.807, 2.05) is 20.8 Å². The number of aliphatic hydroxyl groups excluding tert-OH is 1. The fourth-order valence-electron chi connectivity index (χ4n) is 3.99. The summed E-state index contributed by atoms with van der Waals surface area (Å²) in [5.74, 6) is -2.44. The number of hydrogen-bond acceptors (Lipinski definition) is 7. The molecule has 40 heavy (non-hydrogen) atoms. The summed E-state index contributed by atoms with van der Waals surface area (Å²) in [7, 11) is 1.39. The van der Waals surface area contributed by atoms with Gasteiger partial charge in [-0.15, -0.1) is 0 Å². The number of pyridine rings is 1. The number of carbonyl (C=O) groups is 3. The molecule has 0 bridgehead atoms. The summed E-state index contributed by atoms with van der Waals surface area (Å²) in [6.07, 6.45) is 0. The molecule has 1 heterocycles. The maximum atomic E-state index is 13.4. The second kappa shape index (κ2) is 12.0. The number of amides is 2. The molecule has 210 valence electrons. The number of nitrogen functional groups attached to an aromatic ring is 1. The van der Waals surface area contributed by atoms with Crippen molar-refractivity contribution in [1.29, 1.82) is 5.41 Å². The molecule has 2 aromatic carbocycles. The molecule has 0 aliphatic rings. The lowest BCUT2D eigenvalue weighted by molar-refractivity contribution is 0.0697. The largest absolute Gasteiger partial charge is 0.481 e. The summed E-state index contributed by atoms with van der Waals surface area (Å²) in [6.45, 7) is 6.98. The van der Waals surface area contributed by atoms with Crippen molar-refractivity contribution >= 4 is 29.3 Å². The van der Waals surface area contributed by atoms with E-state index in [1.54, 1.807) is 31.2 Å². The molecular weight excluding hydrogens is 514 g/mol. The number of anilines is 1. The Morgan fingerprint density at radius 1 is 1.02 bits per heavy atom.